The topological polar surface area (TPSA) is 61.4 Å². The number of hydrogen-bond acceptors (Lipinski definition) is 4. The van der Waals surface area contributed by atoms with Gasteiger partial charge in [0.05, 0.1) is 16.4 Å². The van der Waals surface area contributed by atoms with Crippen molar-refractivity contribution in [1.29, 1.82) is 0 Å². The van der Waals surface area contributed by atoms with Gasteiger partial charge in [-0.3, -0.25) is 0 Å². The largest absolute Gasteiger partial charge is 0.352 e. The molecule has 4 rings (SSSR count). The van der Waals surface area contributed by atoms with Gasteiger partial charge < -0.3 is 15.1 Å². The quantitative estimate of drug-likeness (QED) is 0.661. The number of anilines is 2. The van der Waals surface area contributed by atoms with Crippen molar-refractivity contribution in [1.82, 2.24) is 15.1 Å². The number of carbonyl (C=O) groups excluding carboxylic acids is 1. The number of nitrogens with one attached hydrogen (secondary N) is 1. The molecule has 1 fully saturated rings. The monoisotopic (exact) mass is 421 g/mol. The molecule has 6 nitrogen and oxygen atoms in total. The maximum Gasteiger partial charge on any atom is 0.322 e. The number of benzene rings is 2. The first kappa shape index (κ1) is 20.2. The summed E-state index contributed by atoms with van der Waals surface area (Å²) in [7, 11) is 0. The Labute approximate surface area is 181 Å². The third-order valence-electron chi connectivity index (χ3n) is 5.25. The predicted octanol–water partition coefficient (Wildman–Crippen LogP) is 4.77. The number of nitrogens with zero attached hydrogens (tertiary/aromatic N) is 4. The molecule has 1 saturated heterocycles. The molecule has 0 aliphatic carbocycles. The van der Waals surface area contributed by atoms with E-state index in [1.165, 1.54) is 5.56 Å². The summed E-state index contributed by atoms with van der Waals surface area (Å²) in [5, 5.41) is 12.2. The second-order valence-corrected chi connectivity index (χ2v) is 7.94. The van der Waals surface area contributed by atoms with Crippen molar-refractivity contribution in [2.45, 2.75) is 13.8 Å². The van der Waals surface area contributed by atoms with Crippen LogP contribution in [0.1, 0.15) is 11.1 Å². The molecule has 1 aromatic heterocycles. The number of hydrogen-bond donors (Lipinski definition) is 1. The number of carbonyl (C=O) groups is 1. The second-order valence-electron chi connectivity index (χ2n) is 7.53. The number of piperazine rings is 1. The van der Waals surface area contributed by atoms with Gasteiger partial charge in [-0.25, -0.2) is 4.79 Å². The predicted molar refractivity (Wildman–Crippen MR) is 121 cm³/mol. The van der Waals surface area contributed by atoms with Crippen LogP contribution in [0.2, 0.25) is 5.02 Å². The summed E-state index contributed by atoms with van der Waals surface area (Å²) in [6.45, 7) is 6.65. The van der Waals surface area contributed by atoms with Crippen LogP contribution >= 0.6 is 11.6 Å². The van der Waals surface area contributed by atoms with E-state index in [2.05, 4.69) is 51.6 Å². The van der Waals surface area contributed by atoms with E-state index in [0.717, 1.165) is 22.6 Å². The molecular formula is C23H24ClN5O. The maximum atomic E-state index is 12.6. The van der Waals surface area contributed by atoms with Gasteiger partial charge in [0.2, 0.25) is 0 Å². The first-order valence-electron chi connectivity index (χ1n) is 9.97. The highest BCUT2D eigenvalue weighted by atomic mass is 35.5. The van der Waals surface area contributed by atoms with Gasteiger partial charge >= 0.3 is 6.03 Å². The van der Waals surface area contributed by atoms with Crippen LogP contribution in [0.25, 0.3) is 11.3 Å². The highest BCUT2D eigenvalue weighted by Gasteiger charge is 2.22. The lowest BCUT2D eigenvalue weighted by Crippen LogP contribution is -2.50. The smallest absolute Gasteiger partial charge is 0.322 e. The van der Waals surface area contributed by atoms with Gasteiger partial charge in [-0.1, -0.05) is 47.5 Å². The molecule has 0 spiro atoms. The van der Waals surface area contributed by atoms with Crippen molar-refractivity contribution in [2.75, 3.05) is 36.4 Å². The number of halogens is 1. The van der Waals surface area contributed by atoms with Gasteiger partial charge in [0.25, 0.3) is 0 Å². The fourth-order valence-corrected chi connectivity index (χ4v) is 3.60. The zero-order valence-corrected chi connectivity index (χ0v) is 17.9. The Morgan fingerprint density at radius 1 is 0.900 bits per heavy atom. The fraction of sp³-hybridized carbons (Fsp3) is 0.261. The molecule has 2 heterocycles. The van der Waals surface area contributed by atoms with Gasteiger partial charge in [0.1, 0.15) is 0 Å². The minimum Gasteiger partial charge on any atom is -0.352 e. The standard InChI is InChI=1S/C23H24ClN5O/c1-16-3-6-18(7-4-16)20-9-10-22(27-26-20)28-11-13-29(14-12-28)23(30)25-21-15-17(2)5-8-19(21)24/h3-10,15H,11-14H2,1-2H3,(H,25,30). The Morgan fingerprint density at radius 3 is 2.27 bits per heavy atom. The summed E-state index contributed by atoms with van der Waals surface area (Å²) in [6, 6.07) is 17.7. The van der Waals surface area contributed by atoms with Gasteiger partial charge in [0.15, 0.2) is 5.82 Å². The molecule has 0 atom stereocenters. The van der Waals surface area contributed by atoms with Crippen molar-refractivity contribution in [3.63, 3.8) is 0 Å². The molecule has 30 heavy (non-hydrogen) atoms. The van der Waals surface area contributed by atoms with Gasteiger partial charge in [0, 0.05) is 31.7 Å². The SMILES string of the molecule is Cc1ccc(-c2ccc(N3CCN(C(=O)Nc4cc(C)ccc4Cl)CC3)nn2)cc1. The number of rotatable bonds is 3. The number of amides is 2. The lowest BCUT2D eigenvalue weighted by molar-refractivity contribution is 0.208. The number of urea groups is 1. The Bertz CT molecular complexity index is 1030. The molecule has 2 amide bonds. The van der Waals surface area contributed by atoms with Crippen LogP contribution in [-0.4, -0.2) is 47.3 Å². The van der Waals surface area contributed by atoms with Crippen LogP contribution in [0.4, 0.5) is 16.3 Å². The summed E-state index contributed by atoms with van der Waals surface area (Å²) < 4.78 is 0. The molecule has 1 aliphatic heterocycles. The van der Waals surface area contributed by atoms with Crippen LogP contribution in [0.15, 0.2) is 54.6 Å². The van der Waals surface area contributed by atoms with E-state index in [4.69, 9.17) is 11.6 Å². The molecular weight excluding hydrogens is 398 g/mol. The number of aryl methyl sites for hydroxylation is 2. The molecule has 1 aliphatic rings. The maximum absolute atomic E-state index is 12.6. The van der Waals surface area contributed by atoms with Crippen molar-refractivity contribution in [3.05, 3.63) is 70.7 Å². The minimum atomic E-state index is -0.136. The first-order chi connectivity index (χ1) is 14.5. The van der Waals surface area contributed by atoms with Crippen molar-refractivity contribution >= 4 is 29.1 Å². The Kier molecular flexibility index (Phi) is 5.86. The van der Waals surface area contributed by atoms with E-state index in [1.807, 2.05) is 31.2 Å². The van der Waals surface area contributed by atoms with E-state index in [0.29, 0.717) is 36.9 Å². The van der Waals surface area contributed by atoms with Gasteiger partial charge in [-0.15, -0.1) is 10.2 Å². The molecule has 1 N–H and O–H groups in total. The molecule has 0 radical (unpaired) electrons. The lowest BCUT2D eigenvalue weighted by Gasteiger charge is -2.35. The molecule has 7 heteroatoms. The molecule has 3 aromatic rings. The molecule has 2 aromatic carbocycles. The highest BCUT2D eigenvalue weighted by molar-refractivity contribution is 6.33. The summed E-state index contributed by atoms with van der Waals surface area (Å²) in [5.41, 5.74) is 4.81. The van der Waals surface area contributed by atoms with E-state index in [1.54, 1.807) is 11.0 Å². The zero-order chi connectivity index (χ0) is 21.1. The molecule has 154 valence electrons. The summed E-state index contributed by atoms with van der Waals surface area (Å²) in [5.74, 6) is 0.827. The third-order valence-corrected chi connectivity index (χ3v) is 5.58. The summed E-state index contributed by atoms with van der Waals surface area (Å²) in [6.07, 6.45) is 0. The van der Waals surface area contributed by atoms with Crippen molar-refractivity contribution in [3.8, 4) is 11.3 Å². The van der Waals surface area contributed by atoms with Crippen LogP contribution in [0.3, 0.4) is 0 Å². The van der Waals surface area contributed by atoms with Crippen LogP contribution in [0.5, 0.6) is 0 Å². The second kappa shape index (κ2) is 8.71. The molecule has 0 unspecified atom stereocenters. The number of aromatic nitrogens is 2. The Hall–Kier alpha value is -3.12. The minimum absolute atomic E-state index is 0.136. The Balaban J connectivity index is 1.35. The van der Waals surface area contributed by atoms with E-state index >= 15 is 0 Å². The first-order valence-corrected chi connectivity index (χ1v) is 10.4. The van der Waals surface area contributed by atoms with Crippen molar-refractivity contribution < 1.29 is 4.79 Å². The fourth-order valence-electron chi connectivity index (χ4n) is 3.44. The normalized spacial score (nSPS) is 14.0. The van der Waals surface area contributed by atoms with E-state index in [-0.39, 0.29) is 6.03 Å². The lowest BCUT2D eigenvalue weighted by atomic mass is 10.1. The average Bonchev–Trinajstić information content (AvgIpc) is 2.77. The van der Waals surface area contributed by atoms with Crippen LogP contribution < -0.4 is 10.2 Å². The average molecular weight is 422 g/mol. The van der Waals surface area contributed by atoms with Crippen molar-refractivity contribution in [2.24, 2.45) is 0 Å². The third kappa shape index (κ3) is 4.54. The molecule has 0 saturated carbocycles. The van der Waals surface area contributed by atoms with Gasteiger partial charge in [-0.05, 0) is 43.7 Å². The zero-order valence-electron chi connectivity index (χ0n) is 17.1. The van der Waals surface area contributed by atoms with Gasteiger partial charge in [-0.2, -0.15) is 0 Å². The summed E-state index contributed by atoms with van der Waals surface area (Å²) in [4.78, 5) is 16.6. The van der Waals surface area contributed by atoms with E-state index in [9.17, 15) is 4.79 Å². The summed E-state index contributed by atoms with van der Waals surface area (Å²) >= 11 is 6.19. The molecule has 0 bridgehead atoms. The van der Waals surface area contributed by atoms with Crippen LogP contribution in [-0.2, 0) is 0 Å². The highest BCUT2D eigenvalue weighted by Crippen LogP contribution is 2.24. The van der Waals surface area contributed by atoms with Crippen LogP contribution in [0, 0.1) is 13.8 Å². The van der Waals surface area contributed by atoms with E-state index < -0.39 is 0 Å². The Morgan fingerprint density at radius 2 is 1.60 bits per heavy atom.